The number of piperidine rings is 1. The van der Waals surface area contributed by atoms with Crippen LogP contribution < -0.4 is 10.6 Å². The van der Waals surface area contributed by atoms with Gasteiger partial charge in [-0.1, -0.05) is 96.5 Å². The smallest absolute Gasteiger partial charge is 0.264 e. The molecule has 2 aliphatic heterocycles. The van der Waals surface area contributed by atoms with E-state index < -0.39 is 29.7 Å². The van der Waals surface area contributed by atoms with Gasteiger partial charge >= 0.3 is 0 Å². The van der Waals surface area contributed by atoms with Crippen LogP contribution in [0.25, 0.3) is 0 Å². The molecule has 1 aromatic rings. The van der Waals surface area contributed by atoms with Crippen LogP contribution in [0, 0.1) is 0 Å². The van der Waals surface area contributed by atoms with E-state index in [-0.39, 0.29) is 42.0 Å². The van der Waals surface area contributed by atoms with Gasteiger partial charge < -0.3 is 24.3 Å². The van der Waals surface area contributed by atoms with E-state index in [4.69, 9.17) is 18.9 Å². The van der Waals surface area contributed by atoms with Gasteiger partial charge in [-0.05, 0) is 37.8 Å². The molecule has 292 valence electrons. The number of ether oxygens (including phenoxy) is 4. The first-order chi connectivity index (χ1) is 25.4. The van der Waals surface area contributed by atoms with Crippen LogP contribution in [0.1, 0.15) is 150 Å². The minimum Gasteiger partial charge on any atom is -0.379 e. The van der Waals surface area contributed by atoms with E-state index in [2.05, 4.69) is 17.6 Å². The molecule has 0 aliphatic carbocycles. The zero-order valence-corrected chi connectivity index (χ0v) is 31.5. The van der Waals surface area contributed by atoms with Crippen LogP contribution in [0.5, 0.6) is 0 Å². The molecule has 2 aliphatic rings. The minimum atomic E-state index is -1.06. The van der Waals surface area contributed by atoms with E-state index in [0.717, 1.165) is 30.8 Å². The number of carbonyl (C=O) groups excluding carboxylic acids is 5. The first kappa shape index (κ1) is 43.2. The number of hydrogen-bond acceptors (Lipinski definition) is 9. The van der Waals surface area contributed by atoms with Crippen LogP contribution in [0.2, 0.25) is 0 Å². The second-order valence-corrected chi connectivity index (χ2v) is 13.7. The molecule has 1 aromatic carbocycles. The summed E-state index contributed by atoms with van der Waals surface area (Å²) in [5, 5.41) is 4.93. The van der Waals surface area contributed by atoms with Gasteiger partial charge in [0.15, 0.2) is 0 Å². The molecule has 52 heavy (non-hydrogen) atoms. The highest BCUT2D eigenvalue weighted by Gasteiger charge is 2.45. The molecule has 1 fully saturated rings. The fourth-order valence-electron chi connectivity index (χ4n) is 6.48. The molecule has 1 saturated heterocycles. The lowest BCUT2D eigenvalue weighted by Gasteiger charge is -2.27. The van der Waals surface area contributed by atoms with Gasteiger partial charge in [-0.3, -0.25) is 34.2 Å². The average Bonchev–Trinajstić information content (AvgIpc) is 3.38. The first-order valence-electron chi connectivity index (χ1n) is 19.9. The number of nitrogens with one attached hydrogen (secondary N) is 2. The standard InChI is InChI=1S/C40H63N3O9/c1-2-3-4-5-6-7-8-9-10-11-12-13-16-24-49-26-28-51-30-31-52-29-27-50-25-17-14-15-21-35(44)41-33-20-18-19-32-37(33)40(48)43(39(32)47)34-22-23-36(45)42-38(34)46/h18-20,34H,2-17,21-31H2,1H3,(H,41,44)(H,42,45,46). The molecule has 2 N–H and O–H groups in total. The lowest BCUT2D eigenvalue weighted by molar-refractivity contribution is -0.136. The number of imide groups is 2. The van der Waals surface area contributed by atoms with Gasteiger partial charge in [0.2, 0.25) is 17.7 Å². The zero-order valence-electron chi connectivity index (χ0n) is 31.5. The quantitative estimate of drug-likeness (QED) is 0.0626. The number of nitrogens with zero attached hydrogens (tertiary/aromatic N) is 1. The molecule has 5 amide bonds. The van der Waals surface area contributed by atoms with Crippen LogP contribution in [0.4, 0.5) is 5.69 Å². The molecule has 0 aromatic heterocycles. The molecule has 1 atom stereocenters. The Kier molecular flexibility index (Phi) is 22.1. The fraction of sp³-hybridized carbons (Fsp3) is 0.725. The van der Waals surface area contributed by atoms with Crippen LogP contribution in [-0.2, 0) is 33.3 Å². The van der Waals surface area contributed by atoms with E-state index >= 15 is 0 Å². The van der Waals surface area contributed by atoms with Gasteiger partial charge in [-0.15, -0.1) is 0 Å². The molecule has 2 heterocycles. The predicted molar refractivity (Wildman–Crippen MR) is 199 cm³/mol. The lowest BCUT2D eigenvalue weighted by atomic mass is 10.0. The van der Waals surface area contributed by atoms with Crippen LogP contribution >= 0.6 is 0 Å². The largest absolute Gasteiger partial charge is 0.379 e. The molecule has 12 heteroatoms. The summed E-state index contributed by atoms with van der Waals surface area (Å²) >= 11 is 0. The van der Waals surface area contributed by atoms with Gasteiger partial charge in [0.05, 0.1) is 56.5 Å². The number of benzene rings is 1. The summed E-state index contributed by atoms with van der Waals surface area (Å²) in [5.41, 5.74) is 0.427. The maximum Gasteiger partial charge on any atom is 0.264 e. The molecule has 0 saturated carbocycles. The molecule has 0 bridgehead atoms. The van der Waals surface area contributed by atoms with Crippen LogP contribution in [0.3, 0.4) is 0 Å². The lowest BCUT2D eigenvalue weighted by Crippen LogP contribution is -2.54. The number of unbranched alkanes of at least 4 members (excludes halogenated alkanes) is 14. The summed E-state index contributed by atoms with van der Waals surface area (Å²) in [4.78, 5) is 63.5. The maximum atomic E-state index is 13.2. The van der Waals surface area contributed by atoms with Gasteiger partial charge in [-0.25, -0.2) is 0 Å². The summed E-state index contributed by atoms with van der Waals surface area (Å²) in [6, 6.07) is 3.58. The summed E-state index contributed by atoms with van der Waals surface area (Å²) in [5.74, 6) is -2.65. The van der Waals surface area contributed by atoms with E-state index in [1.165, 1.54) is 83.1 Å². The Balaban J connectivity index is 1.08. The Morgan fingerprint density at radius 3 is 1.71 bits per heavy atom. The number of amides is 5. The van der Waals surface area contributed by atoms with Crippen molar-refractivity contribution in [2.75, 3.05) is 58.2 Å². The molecule has 0 radical (unpaired) electrons. The van der Waals surface area contributed by atoms with E-state index in [9.17, 15) is 24.0 Å². The van der Waals surface area contributed by atoms with Crippen molar-refractivity contribution in [2.24, 2.45) is 0 Å². The summed E-state index contributed by atoms with van der Waals surface area (Å²) in [6.45, 7) is 6.85. The van der Waals surface area contributed by atoms with Gasteiger partial charge in [-0.2, -0.15) is 0 Å². The van der Waals surface area contributed by atoms with Crippen molar-refractivity contribution >= 4 is 35.2 Å². The zero-order chi connectivity index (χ0) is 37.2. The van der Waals surface area contributed by atoms with Crippen LogP contribution in [0.15, 0.2) is 18.2 Å². The Morgan fingerprint density at radius 2 is 1.17 bits per heavy atom. The van der Waals surface area contributed by atoms with E-state index in [1.54, 1.807) is 12.1 Å². The monoisotopic (exact) mass is 729 g/mol. The highest BCUT2D eigenvalue weighted by molar-refractivity contribution is 6.26. The molecular formula is C40H63N3O9. The van der Waals surface area contributed by atoms with E-state index in [0.29, 0.717) is 52.7 Å². The Hall–Kier alpha value is -3.19. The maximum absolute atomic E-state index is 13.2. The molecule has 3 rings (SSSR count). The third kappa shape index (κ3) is 16.2. The van der Waals surface area contributed by atoms with Crippen molar-refractivity contribution < 1.29 is 42.9 Å². The third-order valence-corrected chi connectivity index (χ3v) is 9.44. The molecule has 1 unspecified atom stereocenters. The number of carbonyl (C=O) groups is 5. The molecule has 12 nitrogen and oxygen atoms in total. The van der Waals surface area contributed by atoms with Crippen molar-refractivity contribution in [3.8, 4) is 0 Å². The van der Waals surface area contributed by atoms with Crippen molar-refractivity contribution in [1.82, 2.24) is 10.2 Å². The van der Waals surface area contributed by atoms with Gasteiger partial charge in [0.1, 0.15) is 6.04 Å². The SMILES string of the molecule is CCCCCCCCCCCCCCCOCCOCCOCCOCCCCCC(=O)Nc1cccc2c1C(=O)N(C1CCC(=O)NC1=O)C2=O. The molecule has 0 spiro atoms. The minimum absolute atomic E-state index is 0.0395. The van der Waals surface area contributed by atoms with Gasteiger partial charge in [0, 0.05) is 26.1 Å². The third-order valence-electron chi connectivity index (χ3n) is 9.44. The van der Waals surface area contributed by atoms with Crippen molar-refractivity contribution in [2.45, 2.75) is 135 Å². The topological polar surface area (TPSA) is 150 Å². The number of hydrogen-bond donors (Lipinski definition) is 2. The summed E-state index contributed by atoms with van der Waals surface area (Å²) in [7, 11) is 0. The Morgan fingerprint density at radius 1 is 0.673 bits per heavy atom. The number of fused-ring (bicyclic) bond motifs is 1. The normalized spacial score (nSPS) is 15.7. The highest BCUT2D eigenvalue weighted by atomic mass is 16.6. The fourth-order valence-corrected chi connectivity index (χ4v) is 6.48. The predicted octanol–water partition coefficient (Wildman–Crippen LogP) is 6.74. The Labute approximate surface area is 310 Å². The summed E-state index contributed by atoms with van der Waals surface area (Å²) in [6.07, 6.45) is 20.1. The molecular weight excluding hydrogens is 666 g/mol. The second-order valence-electron chi connectivity index (χ2n) is 13.7. The average molecular weight is 730 g/mol. The summed E-state index contributed by atoms with van der Waals surface area (Å²) < 4.78 is 22.4. The van der Waals surface area contributed by atoms with Crippen molar-refractivity contribution in [1.29, 1.82) is 0 Å². The van der Waals surface area contributed by atoms with Crippen molar-refractivity contribution in [3.05, 3.63) is 29.3 Å². The highest BCUT2D eigenvalue weighted by Crippen LogP contribution is 2.32. The van der Waals surface area contributed by atoms with Crippen LogP contribution in [-0.4, -0.2) is 93.3 Å². The second kappa shape index (κ2) is 26.6. The van der Waals surface area contributed by atoms with Gasteiger partial charge in [0.25, 0.3) is 11.8 Å². The van der Waals surface area contributed by atoms with E-state index in [1.807, 2.05) is 0 Å². The first-order valence-corrected chi connectivity index (χ1v) is 19.9. The Bertz CT molecular complexity index is 1240. The number of rotatable bonds is 31. The van der Waals surface area contributed by atoms with Crippen molar-refractivity contribution in [3.63, 3.8) is 0 Å². The number of anilines is 1.